The average molecular weight is 251 g/mol. The van der Waals surface area contributed by atoms with Gasteiger partial charge in [0.2, 0.25) is 0 Å². The van der Waals surface area contributed by atoms with E-state index in [1.54, 1.807) is 13.2 Å². The van der Waals surface area contributed by atoms with Crippen molar-refractivity contribution in [3.8, 4) is 0 Å². The molecule has 4 heteroatoms. The molecular formula is C14H19O4. The quantitative estimate of drug-likeness (QED) is 0.443. The molecule has 0 heterocycles. The largest absolute Gasteiger partial charge is 0.382 e. The maximum Gasteiger partial charge on any atom is 0.373 e. The molecule has 18 heavy (non-hydrogen) atoms. The summed E-state index contributed by atoms with van der Waals surface area (Å²) >= 11 is 0. The van der Waals surface area contributed by atoms with E-state index in [0.717, 1.165) is 11.1 Å². The fourth-order valence-electron chi connectivity index (χ4n) is 1.44. The first kappa shape index (κ1) is 14.7. The van der Waals surface area contributed by atoms with Crippen molar-refractivity contribution in [3.05, 3.63) is 41.5 Å². The maximum absolute atomic E-state index is 11.7. The van der Waals surface area contributed by atoms with Crippen LogP contribution in [0.25, 0.3) is 0 Å². The van der Waals surface area contributed by atoms with Gasteiger partial charge in [0.1, 0.15) is 6.61 Å². The second-order valence-corrected chi connectivity index (χ2v) is 4.23. The molecule has 0 bridgehead atoms. The van der Waals surface area contributed by atoms with Crippen LogP contribution in [-0.2, 0) is 14.5 Å². The first-order valence-electron chi connectivity index (χ1n) is 5.84. The van der Waals surface area contributed by atoms with Crippen molar-refractivity contribution in [1.82, 2.24) is 0 Å². The van der Waals surface area contributed by atoms with Crippen LogP contribution in [0.5, 0.6) is 0 Å². The highest BCUT2D eigenvalue weighted by molar-refractivity contribution is 5.90. The van der Waals surface area contributed by atoms with E-state index in [9.17, 15) is 4.79 Å². The number of benzene rings is 1. The number of ether oxygens (including phenoxy) is 1. The molecule has 1 radical (unpaired) electrons. The molecule has 0 aromatic heterocycles. The summed E-state index contributed by atoms with van der Waals surface area (Å²) in [6, 6.07) is 5.52. The Morgan fingerprint density at radius 3 is 2.72 bits per heavy atom. The van der Waals surface area contributed by atoms with Crippen LogP contribution in [0.4, 0.5) is 0 Å². The van der Waals surface area contributed by atoms with Crippen LogP contribution >= 0.6 is 0 Å². The minimum absolute atomic E-state index is 0.0322. The van der Waals surface area contributed by atoms with Gasteiger partial charge in [0.25, 0.3) is 0 Å². The lowest BCUT2D eigenvalue weighted by Crippen LogP contribution is -2.10. The van der Waals surface area contributed by atoms with Gasteiger partial charge in [-0.15, -0.1) is 0 Å². The number of carbonyl (C=O) groups excluding carboxylic acids is 1. The van der Waals surface area contributed by atoms with Gasteiger partial charge in [-0.2, -0.15) is 4.89 Å². The number of aryl methyl sites for hydroxylation is 2. The Morgan fingerprint density at radius 2 is 2.11 bits per heavy atom. The van der Waals surface area contributed by atoms with Crippen LogP contribution in [0.1, 0.15) is 34.8 Å². The summed E-state index contributed by atoms with van der Waals surface area (Å²) in [5.74, 6) is -0.492. The van der Waals surface area contributed by atoms with Gasteiger partial charge in [0.05, 0.1) is 11.7 Å². The Balaban J connectivity index is 2.41. The monoisotopic (exact) mass is 251 g/mol. The third-order valence-electron chi connectivity index (χ3n) is 2.62. The van der Waals surface area contributed by atoms with Crippen LogP contribution < -0.4 is 0 Å². The Bertz CT molecular complexity index is 401. The molecule has 4 nitrogen and oxygen atoms in total. The number of rotatable bonds is 6. The Morgan fingerprint density at radius 1 is 1.39 bits per heavy atom. The number of hydrogen-bond donors (Lipinski definition) is 0. The summed E-state index contributed by atoms with van der Waals surface area (Å²) in [5, 5.41) is 0. The molecule has 1 unspecified atom stereocenters. The van der Waals surface area contributed by atoms with Crippen molar-refractivity contribution < 1.29 is 19.3 Å². The molecule has 1 atom stereocenters. The average Bonchev–Trinajstić information content (AvgIpc) is 2.34. The summed E-state index contributed by atoms with van der Waals surface area (Å²) in [6.07, 6.45) is 0.584. The van der Waals surface area contributed by atoms with Crippen LogP contribution in [-0.4, -0.2) is 19.2 Å². The molecule has 0 aliphatic carbocycles. The van der Waals surface area contributed by atoms with E-state index in [2.05, 4.69) is 0 Å². The summed E-state index contributed by atoms with van der Waals surface area (Å²) < 4.78 is 5.02. The molecule has 0 amide bonds. The van der Waals surface area contributed by atoms with Crippen molar-refractivity contribution in [2.45, 2.75) is 33.3 Å². The van der Waals surface area contributed by atoms with E-state index in [0.29, 0.717) is 12.0 Å². The zero-order valence-corrected chi connectivity index (χ0v) is 11.2. The molecule has 0 aliphatic rings. The smallest absolute Gasteiger partial charge is 0.373 e. The van der Waals surface area contributed by atoms with Crippen LogP contribution in [0, 0.1) is 20.5 Å². The van der Waals surface area contributed by atoms with E-state index < -0.39 is 5.97 Å². The molecule has 0 aliphatic heterocycles. The van der Waals surface area contributed by atoms with E-state index >= 15 is 0 Å². The van der Waals surface area contributed by atoms with Crippen LogP contribution in [0.3, 0.4) is 0 Å². The van der Waals surface area contributed by atoms with Crippen LogP contribution in [0.2, 0.25) is 0 Å². The molecule has 0 saturated carbocycles. The zero-order valence-electron chi connectivity index (χ0n) is 11.2. The zero-order chi connectivity index (χ0) is 13.5. The fourth-order valence-corrected chi connectivity index (χ4v) is 1.44. The normalized spacial score (nSPS) is 12.2. The van der Waals surface area contributed by atoms with E-state index in [4.69, 9.17) is 14.5 Å². The van der Waals surface area contributed by atoms with E-state index in [-0.39, 0.29) is 6.10 Å². The first-order valence-corrected chi connectivity index (χ1v) is 5.84. The Kier molecular flexibility index (Phi) is 5.82. The molecule has 99 valence electrons. The predicted octanol–water partition coefficient (Wildman–Crippen LogP) is 2.98. The van der Waals surface area contributed by atoms with Crippen molar-refractivity contribution in [3.63, 3.8) is 0 Å². The molecule has 1 aromatic rings. The fraction of sp³-hybridized carbons (Fsp3) is 0.429. The van der Waals surface area contributed by atoms with Gasteiger partial charge < -0.3 is 4.74 Å². The van der Waals surface area contributed by atoms with Gasteiger partial charge in [0, 0.05) is 13.5 Å². The summed E-state index contributed by atoms with van der Waals surface area (Å²) in [6.45, 7) is 7.14. The Hall–Kier alpha value is -1.39. The third-order valence-corrected chi connectivity index (χ3v) is 2.62. The molecular weight excluding hydrogens is 232 g/mol. The minimum Gasteiger partial charge on any atom is -0.382 e. The third kappa shape index (κ3) is 4.47. The van der Waals surface area contributed by atoms with Crippen molar-refractivity contribution in [1.29, 1.82) is 0 Å². The standard InChI is InChI=1S/C14H19O4/c1-10-5-6-13(11(2)9-10)14(15)18-17-8-7-12(3)16-4/h5-6,8-9,12H,7H2,1-4H3. The van der Waals surface area contributed by atoms with Crippen molar-refractivity contribution >= 4 is 5.97 Å². The van der Waals surface area contributed by atoms with Gasteiger partial charge in [-0.05, 0) is 32.4 Å². The lowest BCUT2D eigenvalue weighted by atomic mass is 10.1. The van der Waals surface area contributed by atoms with Gasteiger partial charge in [-0.25, -0.2) is 4.79 Å². The second kappa shape index (κ2) is 7.13. The van der Waals surface area contributed by atoms with Crippen LogP contribution in [0.15, 0.2) is 18.2 Å². The predicted molar refractivity (Wildman–Crippen MR) is 67.8 cm³/mol. The van der Waals surface area contributed by atoms with E-state index in [1.165, 1.54) is 6.61 Å². The van der Waals surface area contributed by atoms with Gasteiger partial charge >= 0.3 is 5.97 Å². The highest BCUT2D eigenvalue weighted by atomic mass is 17.2. The van der Waals surface area contributed by atoms with Gasteiger partial charge in [-0.1, -0.05) is 17.7 Å². The summed E-state index contributed by atoms with van der Waals surface area (Å²) in [4.78, 5) is 21.1. The molecule has 1 rings (SSSR count). The molecule has 1 aromatic carbocycles. The SMILES string of the molecule is COC(C)C[CH]OOC(=O)c1ccc(C)cc1C. The lowest BCUT2D eigenvalue weighted by Gasteiger charge is -2.09. The minimum atomic E-state index is -0.492. The summed E-state index contributed by atoms with van der Waals surface area (Å²) in [7, 11) is 1.61. The highest BCUT2D eigenvalue weighted by Crippen LogP contribution is 2.12. The van der Waals surface area contributed by atoms with E-state index in [1.807, 2.05) is 32.9 Å². The van der Waals surface area contributed by atoms with Gasteiger partial charge in [-0.3, -0.25) is 4.89 Å². The first-order chi connectivity index (χ1) is 8.54. The number of carbonyl (C=O) groups is 1. The number of methoxy groups -OCH3 is 1. The molecule has 0 fully saturated rings. The molecule has 0 spiro atoms. The number of hydrogen-bond acceptors (Lipinski definition) is 4. The topological polar surface area (TPSA) is 44.8 Å². The lowest BCUT2D eigenvalue weighted by molar-refractivity contribution is -0.215. The molecule has 0 N–H and O–H groups in total. The summed E-state index contributed by atoms with van der Waals surface area (Å²) in [5.41, 5.74) is 2.48. The highest BCUT2D eigenvalue weighted by Gasteiger charge is 2.12. The Labute approximate surface area is 108 Å². The second-order valence-electron chi connectivity index (χ2n) is 4.23. The maximum atomic E-state index is 11.7. The van der Waals surface area contributed by atoms with Crippen molar-refractivity contribution in [2.24, 2.45) is 0 Å². The molecule has 0 saturated heterocycles. The van der Waals surface area contributed by atoms with Crippen molar-refractivity contribution in [2.75, 3.05) is 7.11 Å². The van der Waals surface area contributed by atoms with Gasteiger partial charge in [0.15, 0.2) is 0 Å².